The van der Waals surface area contributed by atoms with E-state index >= 15 is 0 Å². The molecule has 3 heteroatoms. The summed E-state index contributed by atoms with van der Waals surface area (Å²) in [5.74, 6) is 0.373. The van der Waals surface area contributed by atoms with Crippen molar-refractivity contribution >= 4 is 5.97 Å². The van der Waals surface area contributed by atoms with Crippen molar-refractivity contribution in [3.05, 3.63) is 0 Å². The van der Waals surface area contributed by atoms with Gasteiger partial charge in [-0.3, -0.25) is 9.69 Å². The number of nitrogens with zero attached hydrogens (tertiary/aromatic N) is 1. The Kier molecular flexibility index (Phi) is 3.53. The first-order valence-corrected chi connectivity index (χ1v) is 6.56. The van der Waals surface area contributed by atoms with E-state index in [0.29, 0.717) is 17.9 Å². The van der Waals surface area contributed by atoms with Crippen molar-refractivity contribution in [2.24, 2.45) is 17.8 Å². The summed E-state index contributed by atoms with van der Waals surface area (Å²) in [5, 5.41) is 9.32. The van der Waals surface area contributed by atoms with Crippen LogP contribution >= 0.6 is 0 Å². The number of rotatable bonds is 3. The van der Waals surface area contributed by atoms with Crippen molar-refractivity contribution in [3.63, 3.8) is 0 Å². The highest BCUT2D eigenvalue weighted by molar-refractivity contribution is 5.71. The van der Waals surface area contributed by atoms with Crippen LogP contribution in [0.2, 0.25) is 0 Å². The SMILES string of the molecule is CC(C)N1C[C@H](C(=O)O)[C@@H](C2CCCC2)C1. The molecule has 3 nitrogen and oxygen atoms in total. The van der Waals surface area contributed by atoms with Gasteiger partial charge in [0.25, 0.3) is 0 Å². The minimum absolute atomic E-state index is 0.120. The predicted octanol–water partition coefficient (Wildman–Crippen LogP) is 2.22. The Bertz CT molecular complexity index is 259. The fraction of sp³-hybridized carbons (Fsp3) is 0.923. The molecule has 0 aromatic carbocycles. The Morgan fingerprint density at radius 1 is 1.25 bits per heavy atom. The first-order chi connectivity index (χ1) is 7.59. The van der Waals surface area contributed by atoms with Crippen LogP contribution in [0.25, 0.3) is 0 Å². The van der Waals surface area contributed by atoms with Crippen LogP contribution in [0.1, 0.15) is 39.5 Å². The third-order valence-electron chi connectivity index (χ3n) is 4.45. The zero-order valence-electron chi connectivity index (χ0n) is 10.4. The molecule has 0 unspecified atom stereocenters. The maximum Gasteiger partial charge on any atom is 0.308 e. The van der Waals surface area contributed by atoms with Crippen molar-refractivity contribution in [2.45, 2.75) is 45.6 Å². The molecule has 1 saturated heterocycles. The van der Waals surface area contributed by atoms with Gasteiger partial charge in [-0.2, -0.15) is 0 Å². The Balaban J connectivity index is 2.05. The standard InChI is InChI=1S/C13H23NO2/c1-9(2)14-7-11(10-5-3-4-6-10)12(8-14)13(15)16/h9-12H,3-8H2,1-2H3,(H,15,16)/t11-,12+/m1/s1. The molecule has 1 aliphatic carbocycles. The maximum absolute atomic E-state index is 11.3. The van der Waals surface area contributed by atoms with Crippen LogP contribution in [-0.4, -0.2) is 35.1 Å². The van der Waals surface area contributed by atoms with Gasteiger partial charge in [0, 0.05) is 19.1 Å². The van der Waals surface area contributed by atoms with E-state index in [1.807, 2.05) is 0 Å². The maximum atomic E-state index is 11.3. The molecule has 0 spiro atoms. The highest BCUT2D eigenvalue weighted by Crippen LogP contribution is 2.39. The molecule has 0 amide bonds. The summed E-state index contributed by atoms with van der Waals surface area (Å²) in [6.45, 7) is 6.08. The van der Waals surface area contributed by atoms with E-state index in [2.05, 4.69) is 18.7 Å². The van der Waals surface area contributed by atoms with Gasteiger partial charge in [-0.1, -0.05) is 25.7 Å². The molecule has 2 aliphatic rings. The van der Waals surface area contributed by atoms with E-state index in [1.54, 1.807) is 0 Å². The molecular weight excluding hydrogens is 202 g/mol. The van der Waals surface area contributed by atoms with Crippen LogP contribution in [0.5, 0.6) is 0 Å². The summed E-state index contributed by atoms with van der Waals surface area (Å²) >= 11 is 0. The van der Waals surface area contributed by atoms with Crippen LogP contribution in [0.4, 0.5) is 0 Å². The average Bonchev–Trinajstić information content (AvgIpc) is 2.86. The molecule has 1 N–H and O–H groups in total. The van der Waals surface area contributed by atoms with Gasteiger partial charge >= 0.3 is 5.97 Å². The summed E-state index contributed by atoms with van der Waals surface area (Å²) in [7, 11) is 0. The summed E-state index contributed by atoms with van der Waals surface area (Å²) in [5.41, 5.74) is 0. The first kappa shape index (κ1) is 11.9. The van der Waals surface area contributed by atoms with Gasteiger partial charge in [0.05, 0.1) is 5.92 Å². The molecule has 0 bridgehead atoms. The Labute approximate surface area is 97.8 Å². The van der Waals surface area contributed by atoms with Crippen LogP contribution in [0, 0.1) is 17.8 Å². The summed E-state index contributed by atoms with van der Waals surface area (Å²) < 4.78 is 0. The Morgan fingerprint density at radius 2 is 1.88 bits per heavy atom. The number of carboxylic acids is 1. The highest BCUT2D eigenvalue weighted by Gasteiger charge is 2.42. The molecule has 0 radical (unpaired) electrons. The molecule has 2 atom stereocenters. The molecule has 92 valence electrons. The van der Waals surface area contributed by atoms with Gasteiger partial charge in [-0.25, -0.2) is 0 Å². The lowest BCUT2D eigenvalue weighted by molar-refractivity contribution is -0.143. The molecule has 2 fully saturated rings. The monoisotopic (exact) mass is 225 g/mol. The number of carboxylic acid groups (broad SMARTS) is 1. The van der Waals surface area contributed by atoms with Gasteiger partial charge in [0.2, 0.25) is 0 Å². The molecule has 2 rings (SSSR count). The second-order valence-electron chi connectivity index (χ2n) is 5.70. The zero-order valence-corrected chi connectivity index (χ0v) is 10.4. The smallest absolute Gasteiger partial charge is 0.308 e. The third kappa shape index (κ3) is 2.24. The summed E-state index contributed by atoms with van der Waals surface area (Å²) in [6, 6.07) is 0.480. The number of aliphatic carboxylic acids is 1. The quantitative estimate of drug-likeness (QED) is 0.800. The second kappa shape index (κ2) is 4.74. The largest absolute Gasteiger partial charge is 0.481 e. The van der Waals surface area contributed by atoms with E-state index in [9.17, 15) is 9.90 Å². The Morgan fingerprint density at radius 3 is 2.38 bits per heavy atom. The van der Waals surface area contributed by atoms with Crippen molar-refractivity contribution in [1.29, 1.82) is 0 Å². The van der Waals surface area contributed by atoms with Gasteiger partial charge in [-0.05, 0) is 25.7 Å². The Hall–Kier alpha value is -0.570. The topological polar surface area (TPSA) is 40.5 Å². The van der Waals surface area contributed by atoms with E-state index in [-0.39, 0.29) is 5.92 Å². The summed E-state index contributed by atoms with van der Waals surface area (Å²) in [4.78, 5) is 13.6. The van der Waals surface area contributed by atoms with E-state index in [1.165, 1.54) is 25.7 Å². The van der Waals surface area contributed by atoms with Crippen molar-refractivity contribution in [2.75, 3.05) is 13.1 Å². The average molecular weight is 225 g/mol. The number of carbonyl (C=O) groups is 1. The van der Waals surface area contributed by atoms with Crippen molar-refractivity contribution in [1.82, 2.24) is 4.90 Å². The first-order valence-electron chi connectivity index (χ1n) is 6.56. The molecule has 1 saturated carbocycles. The summed E-state index contributed by atoms with van der Waals surface area (Å²) in [6.07, 6.45) is 5.10. The van der Waals surface area contributed by atoms with E-state index < -0.39 is 5.97 Å². The zero-order chi connectivity index (χ0) is 11.7. The molecule has 16 heavy (non-hydrogen) atoms. The fourth-order valence-electron chi connectivity index (χ4n) is 3.41. The highest BCUT2D eigenvalue weighted by atomic mass is 16.4. The molecule has 0 aromatic heterocycles. The predicted molar refractivity (Wildman–Crippen MR) is 63.3 cm³/mol. The number of hydrogen-bond acceptors (Lipinski definition) is 2. The van der Waals surface area contributed by atoms with Crippen molar-refractivity contribution < 1.29 is 9.90 Å². The van der Waals surface area contributed by atoms with E-state index in [4.69, 9.17) is 0 Å². The van der Waals surface area contributed by atoms with Crippen LogP contribution < -0.4 is 0 Å². The lowest BCUT2D eigenvalue weighted by Gasteiger charge is -2.23. The van der Waals surface area contributed by atoms with Crippen LogP contribution in [0.15, 0.2) is 0 Å². The molecule has 0 aromatic rings. The lowest BCUT2D eigenvalue weighted by atomic mass is 9.83. The van der Waals surface area contributed by atoms with Gasteiger partial charge in [-0.15, -0.1) is 0 Å². The molecule has 1 heterocycles. The minimum atomic E-state index is -0.583. The molecular formula is C13H23NO2. The minimum Gasteiger partial charge on any atom is -0.481 e. The van der Waals surface area contributed by atoms with Gasteiger partial charge in [0.15, 0.2) is 0 Å². The second-order valence-corrected chi connectivity index (χ2v) is 5.70. The van der Waals surface area contributed by atoms with E-state index in [0.717, 1.165) is 13.1 Å². The van der Waals surface area contributed by atoms with Crippen LogP contribution in [0.3, 0.4) is 0 Å². The van der Waals surface area contributed by atoms with Crippen LogP contribution in [-0.2, 0) is 4.79 Å². The fourth-order valence-corrected chi connectivity index (χ4v) is 3.41. The molecule has 1 aliphatic heterocycles. The normalized spacial score (nSPS) is 32.7. The lowest BCUT2D eigenvalue weighted by Crippen LogP contribution is -2.29. The van der Waals surface area contributed by atoms with Gasteiger partial charge < -0.3 is 5.11 Å². The number of hydrogen-bond donors (Lipinski definition) is 1. The van der Waals surface area contributed by atoms with Crippen molar-refractivity contribution in [3.8, 4) is 0 Å². The third-order valence-corrected chi connectivity index (χ3v) is 4.45. The number of likely N-dealkylation sites (tertiary alicyclic amines) is 1. The van der Waals surface area contributed by atoms with Gasteiger partial charge in [0.1, 0.15) is 0 Å².